The zero-order valence-corrected chi connectivity index (χ0v) is 20.5. The molecule has 6 nitrogen and oxygen atoms in total. The Bertz CT molecular complexity index is 1540. The van der Waals surface area contributed by atoms with Gasteiger partial charge in [-0.2, -0.15) is 0 Å². The summed E-state index contributed by atoms with van der Waals surface area (Å²) in [5, 5.41) is 0. The fraction of sp³-hybridized carbons (Fsp3) is 0.241. The Morgan fingerprint density at radius 3 is 2.22 bits per heavy atom. The second-order valence-corrected chi connectivity index (χ2v) is 9.38. The number of hydrogen-bond acceptors (Lipinski definition) is 4. The maximum absolute atomic E-state index is 14.6. The first-order valence-electron chi connectivity index (χ1n) is 12.2. The first kappa shape index (κ1) is 24.6. The van der Waals surface area contributed by atoms with E-state index in [-0.39, 0.29) is 18.7 Å². The van der Waals surface area contributed by atoms with Gasteiger partial charge in [-0.15, -0.1) is 0 Å². The van der Waals surface area contributed by atoms with Crippen LogP contribution in [0.5, 0.6) is 0 Å². The Balaban J connectivity index is 1.65. The van der Waals surface area contributed by atoms with Gasteiger partial charge in [-0.25, -0.2) is 13.6 Å². The SMILES string of the molecule is Cc1c(N2CCc3ccccc3C2)c(=O)n(C[C@H](N)c2ccccc2)c(=O)n1Cc1c(F)cccc1F. The van der Waals surface area contributed by atoms with Gasteiger partial charge in [0.2, 0.25) is 0 Å². The molecule has 0 saturated heterocycles. The van der Waals surface area contributed by atoms with Gasteiger partial charge in [0.1, 0.15) is 17.3 Å². The van der Waals surface area contributed by atoms with Crippen molar-refractivity contribution in [3.63, 3.8) is 0 Å². The van der Waals surface area contributed by atoms with E-state index >= 15 is 0 Å². The smallest absolute Gasteiger partial charge is 0.331 e. The van der Waals surface area contributed by atoms with Crippen molar-refractivity contribution in [3.8, 4) is 0 Å². The Morgan fingerprint density at radius 1 is 0.865 bits per heavy atom. The van der Waals surface area contributed by atoms with Crippen LogP contribution in [0.1, 0.15) is 34.0 Å². The van der Waals surface area contributed by atoms with Crippen molar-refractivity contribution in [2.45, 2.75) is 39.0 Å². The summed E-state index contributed by atoms with van der Waals surface area (Å²) in [6.07, 6.45) is 0.736. The van der Waals surface area contributed by atoms with Crippen LogP contribution in [0, 0.1) is 18.6 Å². The number of halogens is 2. The number of nitrogens with zero attached hydrogens (tertiary/aromatic N) is 3. The van der Waals surface area contributed by atoms with Crippen LogP contribution in [0.4, 0.5) is 14.5 Å². The summed E-state index contributed by atoms with van der Waals surface area (Å²) in [4.78, 5) is 29.4. The van der Waals surface area contributed by atoms with Gasteiger partial charge >= 0.3 is 5.69 Å². The van der Waals surface area contributed by atoms with E-state index in [9.17, 15) is 18.4 Å². The van der Waals surface area contributed by atoms with Crippen molar-refractivity contribution >= 4 is 5.69 Å². The largest absolute Gasteiger partial charge is 0.361 e. The number of fused-ring (bicyclic) bond motifs is 1. The Kier molecular flexibility index (Phi) is 6.76. The fourth-order valence-corrected chi connectivity index (χ4v) is 5.03. The maximum Gasteiger partial charge on any atom is 0.331 e. The van der Waals surface area contributed by atoms with Gasteiger partial charge in [-0.3, -0.25) is 13.9 Å². The summed E-state index contributed by atoms with van der Waals surface area (Å²) >= 11 is 0. The van der Waals surface area contributed by atoms with Gasteiger partial charge in [0.05, 0.1) is 13.1 Å². The summed E-state index contributed by atoms with van der Waals surface area (Å²) in [6.45, 7) is 2.30. The Morgan fingerprint density at radius 2 is 1.51 bits per heavy atom. The molecule has 1 aliphatic rings. The Labute approximate surface area is 213 Å². The van der Waals surface area contributed by atoms with Gasteiger partial charge < -0.3 is 10.6 Å². The molecule has 4 aromatic rings. The first-order valence-corrected chi connectivity index (χ1v) is 12.2. The number of nitrogens with two attached hydrogens (primary N) is 1. The second kappa shape index (κ2) is 10.1. The van der Waals surface area contributed by atoms with Crippen molar-refractivity contribution < 1.29 is 8.78 Å². The molecule has 0 saturated carbocycles. The minimum absolute atomic E-state index is 0.0703. The molecule has 8 heteroatoms. The normalized spacial score (nSPS) is 13.9. The molecule has 0 fully saturated rings. The summed E-state index contributed by atoms with van der Waals surface area (Å²) in [5.74, 6) is -1.50. The minimum Gasteiger partial charge on any atom is -0.361 e. The monoisotopic (exact) mass is 502 g/mol. The van der Waals surface area contributed by atoms with Gasteiger partial charge in [-0.1, -0.05) is 60.7 Å². The minimum atomic E-state index is -0.751. The summed E-state index contributed by atoms with van der Waals surface area (Å²) in [6, 6.07) is 20.2. The van der Waals surface area contributed by atoms with E-state index in [1.54, 1.807) is 6.92 Å². The van der Waals surface area contributed by atoms with Crippen molar-refractivity contribution in [2.24, 2.45) is 5.73 Å². The molecular weight excluding hydrogens is 474 g/mol. The summed E-state index contributed by atoms with van der Waals surface area (Å²) in [5.41, 5.74) is 8.84. The van der Waals surface area contributed by atoms with E-state index in [1.165, 1.54) is 16.2 Å². The third-order valence-corrected chi connectivity index (χ3v) is 7.09. The van der Waals surface area contributed by atoms with Crippen LogP contribution in [-0.2, 0) is 26.1 Å². The molecule has 2 N–H and O–H groups in total. The average molecular weight is 503 g/mol. The fourth-order valence-electron chi connectivity index (χ4n) is 5.03. The van der Waals surface area contributed by atoms with E-state index < -0.39 is 28.9 Å². The molecule has 1 atom stereocenters. The topological polar surface area (TPSA) is 73.3 Å². The molecule has 0 bridgehead atoms. The first-order chi connectivity index (χ1) is 17.8. The third kappa shape index (κ3) is 4.72. The predicted octanol–water partition coefficient (Wildman–Crippen LogP) is 3.91. The zero-order chi connectivity index (χ0) is 26.1. The quantitative estimate of drug-likeness (QED) is 0.434. The molecule has 2 heterocycles. The van der Waals surface area contributed by atoms with Crippen LogP contribution in [-0.4, -0.2) is 15.7 Å². The molecule has 1 aromatic heterocycles. The van der Waals surface area contributed by atoms with E-state index in [0.29, 0.717) is 24.5 Å². The third-order valence-electron chi connectivity index (χ3n) is 7.09. The molecule has 3 aromatic carbocycles. The van der Waals surface area contributed by atoms with Crippen LogP contribution in [0.2, 0.25) is 0 Å². The number of rotatable bonds is 6. The van der Waals surface area contributed by atoms with Crippen molar-refractivity contribution in [1.82, 2.24) is 9.13 Å². The van der Waals surface area contributed by atoms with E-state index in [4.69, 9.17) is 5.73 Å². The highest BCUT2D eigenvalue weighted by atomic mass is 19.1. The van der Waals surface area contributed by atoms with Crippen molar-refractivity contribution in [3.05, 3.63) is 133 Å². The van der Waals surface area contributed by atoms with Gasteiger partial charge in [0.25, 0.3) is 5.56 Å². The number of aromatic nitrogens is 2. The lowest BCUT2D eigenvalue weighted by Crippen LogP contribution is -2.47. The van der Waals surface area contributed by atoms with Gasteiger partial charge in [0, 0.05) is 30.4 Å². The van der Waals surface area contributed by atoms with E-state index in [1.807, 2.05) is 53.4 Å². The molecule has 0 aliphatic carbocycles. The Hall–Kier alpha value is -4.04. The van der Waals surface area contributed by atoms with Crippen LogP contribution < -0.4 is 21.9 Å². The van der Waals surface area contributed by atoms with Crippen molar-refractivity contribution in [2.75, 3.05) is 11.4 Å². The lowest BCUT2D eigenvalue weighted by atomic mass is 9.99. The summed E-state index contributed by atoms with van der Waals surface area (Å²) in [7, 11) is 0. The molecular formula is C29H28F2N4O2. The number of hydrogen-bond donors (Lipinski definition) is 1. The average Bonchev–Trinajstić information content (AvgIpc) is 2.91. The molecule has 1 aliphatic heterocycles. The standard InChI is InChI=1S/C29H28F2N4O2/c1-19-27(33-15-14-20-8-5-6-11-22(20)16-33)28(36)35(18-26(32)21-9-3-2-4-10-21)29(37)34(19)17-23-24(30)12-7-13-25(23)31/h2-13,26H,14-18,32H2,1H3/t26-/m0/s1. The molecule has 5 rings (SSSR count). The predicted molar refractivity (Wildman–Crippen MR) is 140 cm³/mol. The van der Waals surface area contributed by atoms with Crippen LogP contribution in [0.3, 0.4) is 0 Å². The lowest BCUT2D eigenvalue weighted by molar-refractivity contribution is 0.490. The highest BCUT2D eigenvalue weighted by Gasteiger charge is 2.26. The lowest BCUT2D eigenvalue weighted by Gasteiger charge is -2.32. The van der Waals surface area contributed by atoms with Crippen LogP contribution in [0.25, 0.3) is 0 Å². The molecule has 190 valence electrons. The zero-order valence-electron chi connectivity index (χ0n) is 20.5. The van der Waals surface area contributed by atoms with Crippen molar-refractivity contribution in [1.29, 1.82) is 0 Å². The highest BCUT2D eigenvalue weighted by molar-refractivity contribution is 5.52. The molecule has 0 unspecified atom stereocenters. The van der Waals surface area contributed by atoms with Crippen LogP contribution in [0.15, 0.2) is 82.4 Å². The highest BCUT2D eigenvalue weighted by Crippen LogP contribution is 2.25. The molecule has 0 spiro atoms. The van der Waals surface area contributed by atoms with E-state index in [2.05, 4.69) is 6.07 Å². The maximum atomic E-state index is 14.6. The second-order valence-electron chi connectivity index (χ2n) is 9.38. The summed E-state index contributed by atoms with van der Waals surface area (Å²) < 4.78 is 31.5. The van der Waals surface area contributed by atoms with Gasteiger partial charge in [-0.05, 0) is 42.2 Å². The number of anilines is 1. The molecule has 37 heavy (non-hydrogen) atoms. The van der Waals surface area contributed by atoms with Gasteiger partial charge in [0.15, 0.2) is 0 Å². The number of benzene rings is 3. The molecule has 0 radical (unpaired) electrons. The van der Waals surface area contributed by atoms with Crippen LogP contribution >= 0.6 is 0 Å². The van der Waals surface area contributed by atoms with E-state index in [0.717, 1.165) is 34.2 Å². The molecule has 0 amide bonds.